The molecule has 2 N–H and O–H groups in total. The first-order valence-corrected chi connectivity index (χ1v) is 7.41. The number of nitrogens with zero attached hydrogens (tertiary/aromatic N) is 2. The summed E-state index contributed by atoms with van der Waals surface area (Å²) in [5.74, 6) is 1.23. The highest BCUT2D eigenvalue weighted by atomic mass is 79.9. The van der Waals surface area contributed by atoms with E-state index in [0.29, 0.717) is 31.5 Å². The zero-order valence-electron chi connectivity index (χ0n) is 11.0. The SMILES string of the molecule is NCC1(c2nc(-c3ccc(Br)cc3)no2)CCOCC1. The molecule has 1 saturated heterocycles. The van der Waals surface area contributed by atoms with Crippen molar-refractivity contribution in [2.75, 3.05) is 19.8 Å². The second-order valence-electron chi connectivity index (χ2n) is 5.03. The molecular formula is C14H16BrN3O2. The molecule has 5 nitrogen and oxygen atoms in total. The van der Waals surface area contributed by atoms with E-state index in [4.69, 9.17) is 15.0 Å². The van der Waals surface area contributed by atoms with Gasteiger partial charge in [-0.3, -0.25) is 0 Å². The second kappa shape index (κ2) is 5.63. The van der Waals surface area contributed by atoms with Crippen LogP contribution in [0.4, 0.5) is 0 Å². The Morgan fingerprint density at radius 2 is 1.90 bits per heavy atom. The Labute approximate surface area is 125 Å². The lowest BCUT2D eigenvalue weighted by atomic mass is 9.80. The van der Waals surface area contributed by atoms with Gasteiger partial charge >= 0.3 is 0 Å². The lowest BCUT2D eigenvalue weighted by Crippen LogP contribution is -2.40. The van der Waals surface area contributed by atoms with Crippen molar-refractivity contribution in [2.24, 2.45) is 5.73 Å². The minimum Gasteiger partial charge on any atom is -0.381 e. The van der Waals surface area contributed by atoms with Crippen LogP contribution in [-0.2, 0) is 10.2 Å². The lowest BCUT2D eigenvalue weighted by molar-refractivity contribution is 0.0409. The summed E-state index contributed by atoms with van der Waals surface area (Å²) >= 11 is 3.41. The first-order valence-electron chi connectivity index (χ1n) is 6.61. The van der Waals surface area contributed by atoms with E-state index in [9.17, 15) is 0 Å². The van der Waals surface area contributed by atoms with Crippen LogP contribution in [0.2, 0.25) is 0 Å². The molecule has 2 heterocycles. The Bertz CT molecular complexity index is 576. The van der Waals surface area contributed by atoms with Crippen molar-refractivity contribution in [3.63, 3.8) is 0 Å². The largest absolute Gasteiger partial charge is 0.381 e. The van der Waals surface area contributed by atoms with Gasteiger partial charge < -0.3 is 15.0 Å². The number of rotatable bonds is 3. The fourth-order valence-electron chi connectivity index (χ4n) is 2.42. The number of ether oxygens (including phenoxy) is 1. The first kappa shape index (κ1) is 13.7. The van der Waals surface area contributed by atoms with Gasteiger partial charge in [0, 0.05) is 29.8 Å². The van der Waals surface area contributed by atoms with Gasteiger partial charge in [-0.25, -0.2) is 0 Å². The third-order valence-corrected chi connectivity index (χ3v) is 4.35. The standard InChI is InChI=1S/C14H16BrN3O2/c15-11-3-1-10(2-4-11)12-17-13(20-18-12)14(9-16)5-7-19-8-6-14/h1-4H,5-9,16H2. The van der Waals surface area contributed by atoms with Gasteiger partial charge in [-0.2, -0.15) is 4.98 Å². The molecule has 1 fully saturated rings. The molecular weight excluding hydrogens is 322 g/mol. The Balaban J connectivity index is 1.91. The van der Waals surface area contributed by atoms with Gasteiger partial charge in [0.05, 0.1) is 5.41 Å². The topological polar surface area (TPSA) is 74.2 Å². The van der Waals surface area contributed by atoms with Gasteiger partial charge in [-0.15, -0.1) is 0 Å². The summed E-state index contributed by atoms with van der Waals surface area (Å²) in [4.78, 5) is 4.55. The Morgan fingerprint density at radius 1 is 1.20 bits per heavy atom. The average molecular weight is 338 g/mol. The van der Waals surface area contributed by atoms with E-state index in [0.717, 1.165) is 22.9 Å². The molecule has 0 amide bonds. The van der Waals surface area contributed by atoms with E-state index in [1.54, 1.807) is 0 Å². The van der Waals surface area contributed by atoms with Gasteiger partial charge in [0.1, 0.15) is 0 Å². The van der Waals surface area contributed by atoms with Crippen molar-refractivity contribution >= 4 is 15.9 Å². The molecule has 1 aromatic carbocycles. The zero-order chi connectivity index (χ0) is 14.0. The van der Waals surface area contributed by atoms with E-state index >= 15 is 0 Å². The molecule has 0 radical (unpaired) electrons. The monoisotopic (exact) mass is 337 g/mol. The van der Waals surface area contributed by atoms with Crippen molar-refractivity contribution in [1.29, 1.82) is 0 Å². The van der Waals surface area contributed by atoms with Crippen molar-refractivity contribution in [1.82, 2.24) is 10.1 Å². The van der Waals surface area contributed by atoms with E-state index in [2.05, 4.69) is 26.1 Å². The third kappa shape index (κ3) is 2.51. The quantitative estimate of drug-likeness (QED) is 0.931. The van der Waals surface area contributed by atoms with Crippen LogP contribution in [0.15, 0.2) is 33.3 Å². The molecule has 1 aliphatic heterocycles. The van der Waals surface area contributed by atoms with Gasteiger partial charge in [0.15, 0.2) is 0 Å². The first-order chi connectivity index (χ1) is 9.73. The van der Waals surface area contributed by atoms with Crippen molar-refractivity contribution < 1.29 is 9.26 Å². The van der Waals surface area contributed by atoms with Crippen LogP contribution < -0.4 is 5.73 Å². The van der Waals surface area contributed by atoms with E-state index < -0.39 is 0 Å². The Hall–Kier alpha value is -1.24. The highest BCUT2D eigenvalue weighted by molar-refractivity contribution is 9.10. The lowest BCUT2D eigenvalue weighted by Gasteiger charge is -2.32. The number of hydrogen-bond acceptors (Lipinski definition) is 5. The third-order valence-electron chi connectivity index (χ3n) is 3.82. The van der Waals surface area contributed by atoms with Gasteiger partial charge in [-0.05, 0) is 37.1 Å². The zero-order valence-corrected chi connectivity index (χ0v) is 12.6. The number of aromatic nitrogens is 2. The number of benzene rings is 1. The van der Waals surface area contributed by atoms with Gasteiger partial charge in [0.2, 0.25) is 11.7 Å². The summed E-state index contributed by atoms with van der Waals surface area (Å²) in [7, 11) is 0. The molecule has 0 spiro atoms. The molecule has 20 heavy (non-hydrogen) atoms. The maximum absolute atomic E-state index is 5.95. The normalized spacial score (nSPS) is 18.1. The van der Waals surface area contributed by atoms with Crippen LogP contribution in [0.1, 0.15) is 18.7 Å². The number of nitrogens with two attached hydrogens (primary N) is 1. The molecule has 0 saturated carbocycles. The highest BCUT2D eigenvalue weighted by Gasteiger charge is 2.38. The smallest absolute Gasteiger partial charge is 0.234 e. The molecule has 3 rings (SSSR count). The molecule has 0 aliphatic carbocycles. The highest BCUT2D eigenvalue weighted by Crippen LogP contribution is 2.33. The molecule has 0 bridgehead atoms. The van der Waals surface area contributed by atoms with E-state index in [1.165, 1.54) is 0 Å². The Morgan fingerprint density at radius 3 is 2.55 bits per heavy atom. The van der Waals surface area contributed by atoms with E-state index in [-0.39, 0.29) is 5.41 Å². The average Bonchev–Trinajstić information content (AvgIpc) is 2.99. The summed E-state index contributed by atoms with van der Waals surface area (Å²) in [6, 6.07) is 7.83. The summed E-state index contributed by atoms with van der Waals surface area (Å²) in [5.41, 5.74) is 6.64. The predicted octanol–water partition coefficient (Wildman–Crippen LogP) is 2.51. The van der Waals surface area contributed by atoms with Crippen molar-refractivity contribution in [2.45, 2.75) is 18.3 Å². The van der Waals surface area contributed by atoms with Crippen LogP contribution >= 0.6 is 15.9 Å². The molecule has 0 unspecified atom stereocenters. The molecule has 0 atom stereocenters. The molecule has 106 valence electrons. The molecule has 2 aromatic rings. The van der Waals surface area contributed by atoms with Crippen molar-refractivity contribution in [3.8, 4) is 11.4 Å². The van der Waals surface area contributed by atoms with Crippen LogP contribution in [0.5, 0.6) is 0 Å². The fraction of sp³-hybridized carbons (Fsp3) is 0.429. The van der Waals surface area contributed by atoms with Crippen LogP contribution in [-0.4, -0.2) is 29.9 Å². The molecule has 1 aromatic heterocycles. The van der Waals surface area contributed by atoms with E-state index in [1.807, 2.05) is 24.3 Å². The summed E-state index contributed by atoms with van der Waals surface area (Å²) < 4.78 is 11.9. The van der Waals surface area contributed by atoms with Crippen LogP contribution in [0, 0.1) is 0 Å². The molecule has 1 aliphatic rings. The predicted molar refractivity (Wildman–Crippen MR) is 78.2 cm³/mol. The van der Waals surface area contributed by atoms with Crippen molar-refractivity contribution in [3.05, 3.63) is 34.6 Å². The maximum atomic E-state index is 5.95. The summed E-state index contributed by atoms with van der Waals surface area (Å²) in [6.07, 6.45) is 1.65. The fourth-order valence-corrected chi connectivity index (χ4v) is 2.69. The van der Waals surface area contributed by atoms with Gasteiger partial charge in [-0.1, -0.05) is 21.1 Å². The summed E-state index contributed by atoms with van der Waals surface area (Å²) in [5, 5.41) is 4.09. The van der Waals surface area contributed by atoms with Gasteiger partial charge in [0.25, 0.3) is 0 Å². The summed E-state index contributed by atoms with van der Waals surface area (Å²) in [6.45, 7) is 1.87. The second-order valence-corrected chi connectivity index (χ2v) is 5.94. The van der Waals surface area contributed by atoms with Crippen LogP contribution in [0.25, 0.3) is 11.4 Å². The number of halogens is 1. The molecule has 6 heteroatoms. The Kier molecular flexibility index (Phi) is 3.87. The minimum absolute atomic E-state index is 0.237. The minimum atomic E-state index is -0.237. The number of hydrogen-bond donors (Lipinski definition) is 1. The van der Waals surface area contributed by atoms with Crippen LogP contribution in [0.3, 0.4) is 0 Å². The maximum Gasteiger partial charge on any atom is 0.234 e.